The first-order valence-electron chi connectivity index (χ1n) is 4.02. The lowest BCUT2D eigenvalue weighted by Crippen LogP contribution is -1.88. The molecule has 72 valence electrons. The molecule has 0 aromatic heterocycles. The van der Waals surface area contributed by atoms with Gasteiger partial charge in [-0.15, -0.1) is 11.8 Å². The molecule has 0 bridgehead atoms. The van der Waals surface area contributed by atoms with Crippen LogP contribution in [0.25, 0.3) is 0 Å². The Kier molecular flexibility index (Phi) is 4.62. The second-order valence-corrected chi connectivity index (χ2v) is 4.61. The molecular weight excluding hydrogens is 250 g/mol. The average Bonchev–Trinajstić information content (AvgIpc) is 2.09. The molecule has 0 aliphatic carbocycles. The zero-order chi connectivity index (χ0) is 9.68. The number of hydrogen-bond donors (Lipinski definition) is 2. The summed E-state index contributed by atoms with van der Waals surface area (Å²) in [7, 11) is 0. The van der Waals surface area contributed by atoms with Gasteiger partial charge >= 0.3 is 0 Å². The van der Waals surface area contributed by atoms with E-state index >= 15 is 0 Å². The van der Waals surface area contributed by atoms with Crippen LogP contribution in [0.5, 0.6) is 0 Å². The average molecular weight is 262 g/mol. The minimum absolute atomic E-state index is 0.250. The van der Waals surface area contributed by atoms with Gasteiger partial charge in [-0.05, 0) is 40.5 Å². The molecule has 0 aliphatic rings. The maximum atomic E-state index is 8.61. The van der Waals surface area contributed by atoms with Crippen LogP contribution in [-0.4, -0.2) is 17.5 Å². The highest BCUT2D eigenvalue weighted by Gasteiger charge is 1.99. The van der Waals surface area contributed by atoms with Crippen LogP contribution in [0.15, 0.2) is 27.6 Å². The Morgan fingerprint density at radius 3 is 2.85 bits per heavy atom. The van der Waals surface area contributed by atoms with Crippen LogP contribution in [-0.2, 0) is 0 Å². The van der Waals surface area contributed by atoms with Crippen LogP contribution >= 0.6 is 27.7 Å². The predicted molar refractivity (Wildman–Crippen MR) is 61.0 cm³/mol. The fraction of sp³-hybridized carbons (Fsp3) is 0.333. The van der Waals surface area contributed by atoms with Gasteiger partial charge in [-0.1, -0.05) is 0 Å². The van der Waals surface area contributed by atoms with Crippen LogP contribution < -0.4 is 5.73 Å². The van der Waals surface area contributed by atoms with Gasteiger partial charge in [-0.25, -0.2) is 0 Å². The predicted octanol–water partition coefficient (Wildman–Crippen LogP) is 2.51. The number of halogens is 1. The number of nitrogen functional groups attached to an aromatic ring is 1. The number of rotatable bonds is 4. The molecular formula is C9H12BrNOS. The lowest BCUT2D eigenvalue weighted by Gasteiger charge is -2.03. The molecule has 0 saturated heterocycles. The van der Waals surface area contributed by atoms with Crippen molar-refractivity contribution in [3.05, 3.63) is 22.7 Å². The summed E-state index contributed by atoms with van der Waals surface area (Å²) in [6.45, 7) is 0.250. The monoisotopic (exact) mass is 261 g/mol. The third-order valence-corrected chi connectivity index (χ3v) is 3.59. The van der Waals surface area contributed by atoms with E-state index in [9.17, 15) is 0 Å². The van der Waals surface area contributed by atoms with Crippen molar-refractivity contribution in [1.29, 1.82) is 0 Å². The number of aliphatic hydroxyl groups excluding tert-OH is 1. The van der Waals surface area contributed by atoms with Crippen molar-refractivity contribution in [1.82, 2.24) is 0 Å². The Morgan fingerprint density at radius 1 is 1.46 bits per heavy atom. The number of anilines is 1. The molecule has 2 nitrogen and oxygen atoms in total. The highest BCUT2D eigenvalue weighted by atomic mass is 79.9. The first kappa shape index (κ1) is 10.9. The lowest BCUT2D eigenvalue weighted by atomic mass is 10.3. The van der Waals surface area contributed by atoms with Crippen LogP contribution in [0.4, 0.5) is 5.69 Å². The third-order valence-electron chi connectivity index (χ3n) is 1.52. The number of nitrogens with two attached hydrogens (primary N) is 1. The van der Waals surface area contributed by atoms with Gasteiger partial charge in [0, 0.05) is 27.4 Å². The molecule has 4 heteroatoms. The molecule has 1 aromatic rings. The molecule has 0 aliphatic heterocycles. The number of thioether (sulfide) groups is 1. The van der Waals surface area contributed by atoms with E-state index < -0.39 is 0 Å². The first-order valence-corrected chi connectivity index (χ1v) is 5.80. The SMILES string of the molecule is Nc1ccc(SCCCO)c(Br)c1. The van der Waals surface area contributed by atoms with E-state index in [1.165, 1.54) is 4.90 Å². The van der Waals surface area contributed by atoms with Gasteiger partial charge in [-0.2, -0.15) is 0 Å². The third kappa shape index (κ3) is 3.58. The van der Waals surface area contributed by atoms with Gasteiger partial charge in [0.1, 0.15) is 0 Å². The highest BCUT2D eigenvalue weighted by molar-refractivity contribution is 9.10. The van der Waals surface area contributed by atoms with Gasteiger partial charge in [-0.3, -0.25) is 0 Å². The van der Waals surface area contributed by atoms with Crippen molar-refractivity contribution >= 4 is 33.4 Å². The maximum absolute atomic E-state index is 8.61. The van der Waals surface area contributed by atoms with Gasteiger partial charge in [0.15, 0.2) is 0 Å². The van der Waals surface area contributed by atoms with Crippen molar-refractivity contribution < 1.29 is 5.11 Å². The molecule has 0 radical (unpaired) electrons. The first-order chi connectivity index (χ1) is 6.24. The Hall–Kier alpha value is -0.190. The van der Waals surface area contributed by atoms with Crippen molar-refractivity contribution in [2.75, 3.05) is 18.1 Å². The Balaban J connectivity index is 2.56. The van der Waals surface area contributed by atoms with E-state index in [2.05, 4.69) is 15.9 Å². The standard InChI is InChI=1S/C9H12BrNOS/c10-8-6-7(11)2-3-9(8)13-5-1-4-12/h2-3,6,12H,1,4-5,11H2. The van der Waals surface area contributed by atoms with Gasteiger partial charge in [0.05, 0.1) is 0 Å². The number of benzene rings is 1. The molecule has 0 saturated carbocycles. The molecule has 1 rings (SSSR count). The Bertz CT molecular complexity index is 280. The lowest BCUT2D eigenvalue weighted by molar-refractivity contribution is 0.296. The molecule has 0 unspecified atom stereocenters. The summed E-state index contributed by atoms with van der Waals surface area (Å²) < 4.78 is 1.02. The summed E-state index contributed by atoms with van der Waals surface area (Å²) in [6.07, 6.45) is 0.821. The topological polar surface area (TPSA) is 46.2 Å². The minimum atomic E-state index is 0.250. The van der Waals surface area contributed by atoms with Crippen molar-refractivity contribution in [2.45, 2.75) is 11.3 Å². The van der Waals surface area contributed by atoms with Crippen LogP contribution in [0.2, 0.25) is 0 Å². The normalized spacial score (nSPS) is 10.3. The smallest absolute Gasteiger partial charge is 0.0439 e. The van der Waals surface area contributed by atoms with Crippen LogP contribution in [0, 0.1) is 0 Å². The van der Waals surface area contributed by atoms with Gasteiger partial charge in [0.25, 0.3) is 0 Å². The highest BCUT2D eigenvalue weighted by Crippen LogP contribution is 2.29. The van der Waals surface area contributed by atoms with Crippen LogP contribution in [0.3, 0.4) is 0 Å². The largest absolute Gasteiger partial charge is 0.399 e. The summed E-state index contributed by atoms with van der Waals surface area (Å²) in [6, 6.07) is 5.76. The van der Waals surface area contributed by atoms with E-state index in [0.29, 0.717) is 0 Å². The van der Waals surface area contributed by atoms with Gasteiger partial charge in [0.2, 0.25) is 0 Å². The summed E-state index contributed by atoms with van der Waals surface area (Å²) in [5, 5.41) is 8.61. The zero-order valence-corrected chi connectivity index (χ0v) is 9.57. The molecule has 3 N–H and O–H groups in total. The number of hydrogen-bond acceptors (Lipinski definition) is 3. The number of aliphatic hydroxyl groups is 1. The summed E-state index contributed by atoms with van der Waals surface area (Å²) in [5.74, 6) is 0.930. The fourth-order valence-electron chi connectivity index (χ4n) is 0.881. The summed E-state index contributed by atoms with van der Waals surface area (Å²) >= 11 is 5.15. The van der Waals surface area contributed by atoms with E-state index in [0.717, 1.165) is 22.3 Å². The van der Waals surface area contributed by atoms with Crippen LogP contribution in [0.1, 0.15) is 6.42 Å². The molecule has 0 amide bonds. The second kappa shape index (κ2) is 5.52. The molecule has 13 heavy (non-hydrogen) atoms. The molecule has 1 aromatic carbocycles. The van der Waals surface area contributed by atoms with E-state index in [-0.39, 0.29) is 6.61 Å². The Labute approximate surface area is 90.7 Å². The summed E-state index contributed by atoms with van der Waals surface area (Å²) in [5.41, 5.74) is 6.37. The Morgan fingerprint density at radius 2 is 2.23 bits per heavy atom. The summed E-state index contributed by atoms with van der Waals surface area (Å²) in [4.78, 5) is 1.17. The van der Waals surface area contributed by atoms with E-state index in [4.69, 9.17) is 10.8 Å². The molecule has 0 fully saturated rings. The van der Waals surface area contributed by atoms with Crippen molar-refractivity contribution in [3.8, 4) is 0 Å². The fourth-order valence-corrected chi connectivity index (χ4v) is 2.48. The second-order valence-electron chi connectivity index (χ2n) is 2.62. The molecule has 0 spiro atoms. The maximum Gasteiger partial charge on any atom is 0.0439 e. The zero-order valence-electron chi connectivity index (χ0n) is 7.16. The van der Waals surface area contributed by atoms with Crippen molar-refractivity contribution in [2.24, 2.45) is 0 Å². The minimum Gasteiger partial charge on any atom is -0.399 e. The molecule has 0 heterocycles. The quantitative estimate of drug-likeness (QED) is 0.498. The van der Waals surface area contributed by atoms with E-state index in [1.54, 1.807) is 11.8 Å². The van der Waals surface area contributed by atoms with E-state index in [1.807, 2.05) is 18.2 Å². The molecule has 0 atom stereocenters. The van der Waals surface area contributed by atoms with Crippen molar-refractivity contribution in [3.63, 3.8) is 0 Å². The van der Waals surface area contributed by atoms with Gasteiger partial charge < -0.3 is 10.8 Å².